The molecule has 0 amide bonds. The Bertz CT molecular complexity index is 4950. The van der Waals surface area contributed by atoms with Gasteiger partial charge >= 0.3 is 0 Å². The van der Waals surface area contributed by atoms with Gasteiger partial charge in [-0.25, -0.2) is 0 Å². The van der Waals surface area contributed by atoms with E-state index in [1.54, 1.807) is 0 Å². The van der Waals surface area contributed by atoms with Crippen LogP contribution in [-0.4, -0.2) is 0 Å². The molecule has 0 spiro atoms. The summed E-state index contributed by atoms with van der Waals surface area (Å²) in [5.74, 6) is 0. The van der Waals surface area contributed by atoms with Gasteiger partial charge in [0.1, 0.15) is 0 Å². The quantitative estimate of drug-likeness (QED) is 0.153. The Morgan fingerprint density at radius 1 is 0.276 bits per heavy atom. The van der Waals surface area contributed by atoms with Gasteiger partial charge in [0.05, 0.1) is 27.9 Å². The van der Waals surface area contributed by atoms with Gasteiger partial charge in [-0.3, -0.25) is 0 Å². The van der Waals surface area contributed by atoms with E-state index in [1.165, 1.54) is 111 Å². The van der Waals surface area contributed by atoms with Crippen LogP contribution in [0, 0.1) is 0 Å². The van der Waals surface area contributed by atoms with Crippen LogP contribution in [0.25, 0.3) is 66.1 Å². The molecule has 17 rings (SSSR count). The highest BCUT2D eigenvalue weighted by atomic mass is 15.2. The van der Waals surface area contributed by atoms with Crippen LogP contribution in [0.4, 0.5) is 28.4 Å². The Labute approximate surface area is 509 Å². The van der Waals surface area contributed by atoms with Crippen molar-refractivity contribution < 1.29 is 0 Å². The Morgan fingerprint density at radius 2 is 0.690 bits per heavy atom. The lowest BCUT2D eigenvalue weighted by molar-refractivity contribution is 0.660. The first-order chi connectivity index (χ1) is 43.0. The number of rotatable bonds is 8. The molecule has 0 unspecified atom stereocenters. The first-order valence-corrected chi connectivity index (χ1v) is 30.5. The standard InChI is InChI=1S/C85H60N2/c1-83(2)71-47-19-18-39-67(71)80-68(46-28-50-74(80)83)79-63-42-24-40-61(65-44-26-51-75-81(65)86-77-53-22-20-48-72(77)84(75,56-29-8-3-9-30-56)57-31-10-4-11-32-57)69(63)55-70-62(41-25-43-64(70)79)66-45-27-52-76-82(66)87(60-37-16-7-17-38-60)78-54-23-21-49-73(78)85(76,58-33-12-5-13-34-58)59-35-14-6-15-36-59/h3-55,86H,1-2H3. The molecule has 0 atom stereocenters. The number of para-hydroxylation sites is 5. The number of nitrogens with one attached hydrogen (secondary N) is 1. The molecule has 0 aromatic heterocycles. The second-order valence-electron chi connectivity index (χ2n) is 24.2. The van der Waals surface area contributed by atoms with Crippen molar-refractivity contribution in [1.29, 1.82) is 0 Å². The van der Waals surface area contributed by atoms with Crippen LogP contribution in [0.3, 0.4) is 0 Å². The molecule has 0 saturated heterocycles. The van der Waals surface area contributed by atoms with Gasteiger partial charge in [0.25, 0.3) is 0 Å². The molecule has 0 fully saturated rings. The van der Waals surface area contributed by atoms with Crippen molar-refractivity contribution in [2.75, 3.05) is 10.2 Å². The maximum atomic E-state index is 4.13. The highest BCUT2D eigenvalue weighted by Gasteiger charge is 2.48. The molecule has 2 aliphatic heterocycles. The van der Waals surface area contributed by atoms with Crippen LogP contribution >= 0.6 is 0 Å². The third-order valence-corrected chi connectivity index (χ3v) is 19.6. The van der Waals surface area contributed by atoms with Crippen molar-refractivity contribution in [3.05, 3.63) is 377 Å². The van der Waals surface area contributed by atoms with E-state index in [2.05, 4.69) is 346 Å². The summed E-state index contributed by atoms with van der Waals surface area (Å²) in [5.41, 5.74) is 26.4. The first kappa shape index (κ1) is 50.7. The summed E-state index contributed by atoms with van der Waals surface area (Å²) in [6, 6.07) is 121. The molecule has 2 heterocycles. The number of anilines is 5. The third-order valence-electron chi connectivity index (χ3n) is 19.6. The molecule has 2 heteroatoms. The normalized spacial score (nSPS) is 14.4. The van der Waals surface area contributed by atoms with Gasteiger partial charge in [0, 0.05) is 27.9 Å². The lowest BCUT2D eigenvalue weighted by Crippen LogP contribution is -2.38. The largest absolute Gasteiger partial charge is 0.354 e. The van der Waals surface area contributed by atoms with Crippen molar-refractivity contribution in [3.8, 4) is 44.5 Å². The van der Waals surface area contributed by atoms with Crippen molar-refractivity contribution in [2.24, 2.45) is 0 Å². The predicted octanol–water partition coefficient (Wildman–Crippen LogP) is 21.9. The number of nitrogens with zero attached hydrogens (tertiary/aromatic N) is 1. The fraction of sp³-hybridized carbons (Fsp3) is 0.0588. The summed E-state index contributed by atoms with van der Waals surface area (Å²) in [7, 11) is 0. The molecule has 410 valence electrons. The van der Waals surface area contributed by atoms with Crippen molar-refractivity contribution in [3.63, 3.8) is 0 Å². The summed E-state index contributed by atoms with van der Waals surface area (Å²) in [4.78, 5) is 2.55. The van der Waals surface area contributed by atoms with E-state index >= 15 is 0 Å². The van der Waals surface area contributed by atoms with Gasteiger partial charge < -0.3 is 10.2 Å². The van der Waals surface area contributed by atoms with Crippen LogP contribution in [0.15, 0.2) is 322 Å². The Balaban J connectivity index is 1.01. The molecule has 0 bridgehead atoms. The molecule has 2 nitrogen and oxygen atoms in total. The van der Waals surface area contributed by atoms with Gasteiger partial charge in [-0.05, 0) is 141 Å². The number of fused-ring (bicyclic) bond motifs is 9. The average molecular weight is 1110 g/mol. The van der Waals surface area contributed by atoms with E-state index in [-0.39, 0.29) is 5.41 Å². The van der Waals surface area contributed by atoms with Crippen molar-refractivity contribution in [2.45, 2.75) is 30.1 Å². The smallest absolute Gasteiger partial charge is 0.0742 e. The zero-order valence-corrected chi connectivity index (χ0v) is 48.5. The number of benzene rings is 14. The van der Waals surface area contributed by atoms with Gasteiger partial charge in [0.15, 0.2) is 0 Å². The van der Waals surface area contributed by atoms with Crippen LogP contribution in [0.2, 0.25) is 0 Å². The van der Waals surface area contributed by atoms with E-state index in [0.717, 1.165) is 39.6 Å². The summed E-state index contributed by atoms with van der Waals surface area (Å²) in [6.07, 6.45) is 0. The molecule has 87 heavy (non-hydrogen) atoms. The van der Waals surface area contributed by atoms with Gasteiger partial charge in [-0.15, -0.1) is 0 Å². The van der Waals surface area contributed by atoms with E-state index in [0.29, 0.717) is 0 Å². The van der Waals surface area contributed by atoms with Crippen LogP contribution in [0.5, 0.6) is 0 Å². The highest BCUT2D eigenvalue weighted by molar-refractivity contribution is 6.22. The monoisotopic (exact) mass is 1110 g/mol. The first-order valence-electron chi connectivity index (χ1n) is 30.5. The van der Waals surface area contributed by atoms with Gasteiger partial charge in [-0.2, -0.15) is 0 Å². The zero-order valence-electron chi connectivity index (χ0n) is 48.5. The van der Waals surface area contributed by atoms with E-state index in [4.69, 9.17) is 0 Å². The molecule has 1 N–H and O–H groups in total. The average Bonchev–Trinajstić information content (AvgIpc) is 2.17. The van der Waals surface area contributed by atoms with Gasteiger partial charge in [0.2, 0.25) is 0 Å². The van der Waals surface area contributed by atoms with E-state index in [1.807, 2.05) is 0 Å². The second-order valence-corrected chi connectivity index (χ2v) is 24.2. The van der Waals surface area contributed by atoms with Crippen LogP contribution in [0.1, 0.15) is 69.5 Å². The molecule has 14 aromatic rings. The van der Waals surface area contributed by atoms with Crippen LogP contribution in [-0.2, 0) is 16.2 Å². The maximum absolute atomic E-state index is 4.13. The second kappa shape index (κ2) is 19.6. The van der Waals surface area contributed by atoms with Gasteiger partial charge in [-0.1, -0.05) is 305 Å². The SMILES string of the molecule is CC1(C)c2ccccc2-c2c(-c3c4cccc(-c5cccc6c5Nc5ccccc5C6(c5ccccc5)c5ccccc5)c4cc4c(-c5cccc6c5N(c5ccccc5)c5ccccc5C6(c5ccccc5)c5ccccc5)cccc34)cccc21. The Hall–Kier alpha value is -10.8. The fourth-order valence-corrected chi connectivity index (χ4v) is 16.0. The minimum absolute atomic E-state index is 0.196. The molecular formula is C85H60N2. The fourth-order valence-electron chi connectivity index (χ4n) is 16.0. The predicted molar refractivity (Wildman–Crippen MR) is 363 cm³/mol. The number of hydrogen-bond donors (Lipinski definition) is 1. The van der Waals surface area contributed by atoms with E-state index < -0.39 is 10.8 Å². The van der Waals surface area contributed by atoms with Crippen molar-refractivity contribution >= 4 is 50.0 Å². The number of hydrogen-bond acceptors (Lipinski definition) is 2. The maximum Gasteiger partial charge on any atom is 0.0742 e. The molecular weight excluding hydrogens is 1050 g/mol. The highest BCUT2D eigenvalue weighted by Crippen LogP contribution is 2.62. The van der Waals surface area contributed by atoms with Crippen molar-refractivity contribution in [1.82, 2.24) is 0 Å². The van der Waals surface area contributed by atoms with Crippen LogP contribution < -0.4 is 10.2 Å². The molecule has 3 aliphatic rings. The Kier molecular flexibility index (Phi) is 11.4. The molecule has 14 aromatic carbocycles. The summed E-state index contributed by atoms with van der Waals surface area (Å²) < 4.78 is 0. The lowest BCUT2D eigenvalue weighted by atomic mass is 9.62. The molecule has 0 radical (unpaired) electrons. The molecule has 1 aliphatic carbocycles. The minimum Gasteiger partial charge on any atom is -0.354 e. The third kappa shape index (κ3) is 7.22. The lowest BCUT2D eigenvalue weighted by Gasteiger charge is -2.47. The minimum atomic E-state index is -0.678. The Morgan fingerprint density at radius 3 is 1.30 bits per heavy atom. The molecule has 0 saturated carbocycles. The summed E-state index contributed by atoms with van der Waals surface area (Å²) >= 11 is 0. The topological polar surface area (TPSA) is 15.3 Å². The summed E-state index contributed by atoms with van der Waals surface area (Å²) in [6.45, 7) is 4.79. The van der Waals surface area contributed by atoms with E-state index in [9.17, 15) is 0 Å². The zero-order chi connectivity index (χ0) is 57.8. The summed E-state index contributed by atoms with van der Waals surface area (Å²) in [5, 5.41) is 8.92.